The van der Waals surface area contributed by atoms with E-state index in [4.69, 9.17) is 18.9 Å². The predicted molar refractivity (Wildman–Crippen MR) is 138 cm³/mol. The predicted octanol–water partition coefficient (Wildman–Crippen LogP) is 5.40. The van der Waals surface area contributed by atoms with Crippen molar-refractivity contribution in [2.24, 2.45) is 5.92 Å². The van der Waals surface area contributed by atoms with E-state index in [1.807, 2.05) is 61.5 Å². The SMILES string of the molecule is CCC[C@@H](C[C@H](C[C@H](C)C(=O)N1C(=O)OC[C@@H]1Cc1ccccc1)OC)OCc1ccc(OC)cc1. The van der Waals surface area contributed by atoms with Crippen LogP contribution in [0.5, 0.6) is 5.75 Å². The lowest BCUT2D eigenvalue weighted by molar-refractivity contribution is -0.134. The van der Waals surface area contributed by atoms with Gasteiger partial charge in [-0.1, -0.05) is 62.7 Å². The highest BCUT2D eigenvalue weighted by Gasteiger charge is 2.40. The van der Waals surface area contributed by atoms with Crippen LogP contribution in [0.25, 0.3) is 0 Å². The molecule has 0 N–H and O–H groups in total. The molecule has 0 unspecified atom stereocenters. The Hall–Kier alpha value is -2.90. The first kappa shape index (κ1) is 27.7. The van der Waals surface area contributed by atoms with Crippen LogP contribution in [0.4, 0.5) is 4.79 Å². The fourth-order valence-corrected chi connectivity index (χ4v) is 4.61. The highest BCUT2D eigenvalue weighted by atomic mass is 16.6. The summed E-state index contributed by atoms with van der Waals surface area (Å²) in [7, 11) is 3.31. The smallest absolute Gasteiger partial charge is 0.416 e. The van der Waals surface area contributed by atoms with Crippen molar-refractivity contribution in [1.82, 2.24) is 4.90 Å². The molecule has 0 aliphatic carbocycles. The Morgan fingerprint density at radius 1 is 1.03 bits per heavy atom. The van der Waals surface area contributed by atoms with Crippen molar-refractivity contribution in [3.63, 3.8) is 0 Å². The van der Waals surface area contributed by atoms with Gasteiger partial charge in [0.1, 0.15) is 12.4 Å². The van der Waals surface area contributed by atoms with E-state index in [-0.39, 0.29) is 36.7 Å². The molecule has 1 aliphatic rings. The number of nitrogens with zero attached hydrogens (tertiary/aromatic N) is 1. The second kappa shape index (κ2) is 14.0. The van der Waals surface area contributed by atoms with E-state index in [2.05, 4.69) is 6.92 Å². The van der Waals surface area contributed by atoms with E-state index in [1.165, 1.54) is 4.90 Å². The number of amides is 2. The number of hydrogen-bond acceptors (Lipinski definition) is 6. The quantitative estimate of drug-likeness (QED) is 0.348. The Bertz CT molecular complexity index is 948. The zero-order valence-corrected chi connectivity index (χ0v) is 21.9. The lowest BCUT2D eigenvalue weighted by atomic mass is 9.96. The fourth-order valence-electron chi connectivity index (χ4n) is 4.61. The molecule has 0 bridgehead atoms. The van der Waals surface area contributed by atoms with Crippen LogP contribution in [-0.2, 0) is 32.0 Å². The molecule has 1 heterocycles. The summed E-state index contributed by atoms with van der Waals surface area (Å²) in [5.41, 5.74) is 2.14. The van der Waals surface area contributed by atoms with Gasteiger partial charge < -0.3 is 18.9 Å². The summed E-state index contributed by atoms with van der Waals surface area (Å²) in [5.74, 6) is 0.212. The Labute approximate surface area is 214 Å². The number of hydrogen-bond donors (Lipinski definition) is 0. The summed E-state index contributed by atoms with van der Waals surface area (Å²) in [5, 5.41) is 0. The van der Waals surface area contributed by atoms with Gasteiger partial charge in [0.2, 0.25) is 5.91 Å². The van der Waals surface area contributed by atoms with Crippen LogP contribution in [0, 0.1) is 5.92 Å². The number of cyclic esters (lactones) is 1. The first-order valence-electron chi connectivity index (χ1n) is 12.8. The van der Waals surface area contributed by atoms with E-state index in [9.17, 15) is 9.59 Å². The molecule has 2 amide bonds. The largest absolute Gasteiger partial charge is 0.497 e. The molecule has 3 rings (SSSR count). The summed E-state index contributed by atoms with van der Waals surface area (Å²) in [4.78, 5) is 27.0. The van der Waals surface area contributed by atoms with Crippen molar-refractivity contribution in [2.45, 2.75) is 70.8 Å². The number of benzene rings is 2. The van der Waals surface area contributed by atoms with Gasteiger partial charge in [-0.2, -0.15) is 0 Å². The number of methoxy groups -OCH3 is 2. The monoisotopic (exact) mass is 497 g/mol. The average molecular weight is 498 g/mol. The first-order chi connectivity index (χ1) is 17.4. The van der Waals surface area contributed by atoms with Crippen molar-refractivity contribution < 1.29 is 28.5 Å². The molecule has 4 atom stereocenters. The summed E-state index contributed by atoms with van der Waals surface area (Å²) < 4.78 is 22.4. The van der Waals surface area contributed by atoms with Gasteiger partial charge in [-0.3, -0.25) is 4.79 Å². The van der Waals surface area contributed by atoms with Crippen LogP contribution in [0.15, 0.2) is 54.6 Å². The van der Waals surface area contributed by atoms with Crippen LogP contribution in [0.3, 0.4) is 0 Å². The van der Waals surface area contributed by atoms with Crippen molar-refractivity contribution in [3.05, 3.63) is 65.7 Å². The molecule has 0 radical (unpaired) electrons. The van der Waals surface area contributed by atoms with Gasteiger partial charge in [0.15, 0.2) is 0 Å². The maximum Gasteiger partial charge on any atom is 0.416 e. The molecule has 7 nitrogen and oxygen atoms in total. The molecular formula is C29H39NO6. The summed E-state index contributed by atoms with van der Waals surface area (Å²) in [6.07, 6.45) is 2.92. The highest BCUT2D eigenvalue weighted by molar-refractivity contribution is 5.94. The molecule has 0 aromatic heterocycles. The minimum absolute atomic E-state index is 0.00642. The van der Waals surface area contributed by atoms with Crippen LogP contribution in [0.2, 0.25) is 0 Å². The third kappa shape index (κ3) is 7.80. The van der Waals surface area contributed by atoms with Gasteiger partial charge in [-0.15, -0.1) is 0 Å². The normalized spacial score (nSPS) is 17.9. The number of carbonyl (C=O) groups is 2. The molecule has 0 saturated carbocycles. The van der Waals surface area contributed by atoms with Gasteiger partial charge in [0.25, 0.3) is 0 Å². The van der Waals surface area contributed by atoms with Gasteiger partial charge in [0.05, 0.1) is 32.0 Å². The molecule has 2 aromatic carbocycles. The molecular weight excluding hydrogens is 458 g/mol. The first-order valence-corrected chi connectivity index (χ1v) is 12.8. The Kier molecular flexibility index (Phi) is 10.8. The molecule has 196 valence electrons. The van der Waals surface area contributed by atoms with Crippen molar-refractivity contribution in [3.8, 4) is 5.75 Å². The molecule has 36 heavy (non-hydrogen) atoms. The van der Waals surface area contributed by atoms with E-state index in [1.54, 1.807) is 14.2 Å². The summed E-state index contributed by atoms with van der Waals surface area (Å²) >= 11 is 0. The molecule has 7 heteroatoms. The molecule has 1 aliphatic heterocycles. The third-order valence-corrected chi connectivity index (χ3v) is 6.67. The fraction of sp³-hybridized carbons (Fsp3) is 0.517. The zero-order valence-electron chi connectivity index (χ0n) is 21.9. The second-order valence-corrected chi connectivity index (χ2v) is 9.43. The van der Waals surface area contributed by atoms with Crippen LogP contribution >= 0.6 is 0 Å². The Balaban J connectivity index is 1.57. The van der Waals surface area contributed by atoms with Crippen molar-refractivity contribution in [2.75, 3.05) is 20.8 Å². The standard InChI is InChI=1S/C29H39NO6/c1-5-9-26(35-19-23-12-14-25(33-3)15-13-23)18-27(34-4)16-21(2)28(31)30-24(20-36-29(30)32)17-22-10-7-6-8-11-22/h6-8,10-15,21,24,26-27H,5,9,16-20H2,1-4H3/t21-,24-,26-,27-/m0/s1. The highest BCUT2D eigenvalue weighted by Crippen LogP contribution is 2.25. The molecule has 0 spiro atoms. The van der Waals surface area contributed by atoms with Crippen molar-refractivity contribution >= 4 is 12.0 Å². The molecule has 1 fully saturated rings. The number of imide groups is 1. The topological polar surface area (TPSA) is 74.3 Å². The van der Waals surface area contributed by atoms with E-state index in [0.29, 0.717) is 25.9 Å². The van der Waals surface area contributed by atoms with Crippen LogP contribution < -0.4 is 4.74 Å². The van der Waals surface area contributed by atoms with Crippen LogP contribution in [0.1, 0.15) is 50.7 Å². The van der Waals surface area contributed by atoms with Gasteiger partial charge in [-0.25, -0.2) is 9.69 Å². The van der Waals surface area contributed by atoms with E-state index in [0.717, 1.165) is 29.7 Å². The lowest BCUT2D eigenvalue weighted by Gasteiger charge is -2.27. The Morgan fingerprint density at radius 3 is 2.39 bits per heavy atom. The minimum atomic E-state index is -0.562. The molecule has 2 aromatic rings. The van der Waals surface area contributed by atoms with Crippen LogP contribution in [-0.4, -0.2) is 56.0 Å². The lowest BCUT2D eigenvalue weighted by Crippen LogP contribution is -2.43. The summed E-state index contributed by atoms with van der Waals surface area (Å²) in [6.45, 7) is 4.70. The van der Waals surface area contributed by atoms with E-state index >= 15 is 0 Å². The van der Waals surface area contributed by atoms with Gasteiger partial charge in [-0.05, 0) is 48.9 Å². The third-order valence-electron chi connectivity index (χ3n) is 6.67. The number of carbonyl (C=O) groups excluding carboxylic acids is 2. The Morgan fingerprint density at radius 2 is 1.75 bits per heavy atom. The maximum absolute atomic E-state index is 13.3. The van der Waals surface area contributed by atoms with E-state index < -0.39 is 6.09 Å². The zero-order chi connectivity index (χ0) is 25.9. The number of ether oxygens (including phenoxy) is 4. The minimum Gasteiger partial charge on any atom is -0.497 e. The van der Waals surface area contributed by atoms with Gasteiger partial charge in [0, 0.05) is 13.0 Å². The van der Waals surface area contributed by atoms with Crippen molar-refractivity contribution in [1.29, 1.82) is 0 Å². The average Bonchev–Trinajstić information content (AvgIpc) is 3.26. The van der Waals surface area contributed by atoms with Gasteiger partial charge >= 0.3 is 6.09 Å². The second-order valence-electron chi connectivity index (χ2n) is 9.43. The number of rotatable bonds is 14. The molecule has 1 saturated heterocycles. The maximum atomic E-state index is 13.3. The summed E-state index contributed by atoms with van der Waals surface area (Å²) in [6, 6.07) is 17.4.